The number of amides is 1. The van der Waals surface area contributed by atoms with E-state index in [0.29, 0.717) is 26.0 Å². The minimum absolute atomic E-state index is 0.0639. The molecule has 2 saturated heterocycles. The molecule has 0 spiro atoms. The van der Waals surface area contributed by atoms with Gasteiger partial charge in [-0.05, 0) is 50.6 Å². The number of thiocarbonyl (C=S) groups is 1. The van der Waals surface area contributed by atoms with Gasteiger partial charge in [0.2, 0.25) is 10.0 Å². The van der Waals surface area contributed by atoms with Crippen LogP contribution in [0.3, 0.4) is 0 Å². The fourth-order valence-electron chi connectivity index (χ4n) is 4.93. The Morgan fingerprint density at radius 2 is 1.86 bits per heavy atom. The molecular weight excluding hydrogens is 597 g/mol. The Balaban J connectivity index is 1.52. The topological polar surface area (TPSA) is 122 Å². The van der Waals surface area contributed by atoms with Crippen molar-refractivity contribution in [1.82, 2.24) is 19.0 Å². The summed E-state index contributed by atoms with van der Waals surface area (Å²) in [7, 11) is -3.80. The van der Waals surface area contributed by atoms with E-state index < -0.39 is 16.0 Å². The van der Waals surface area contributed by atoms with Crippen LogP contribution in [0.5, 0.6) is 0 Å². The Bertz CT molecular complexity index is 1640. The van der Waals surface area contributed by atoms with Crippen molar-refractivity contribution < 1.29 is 27.9 Å². The number of aliphatic carboxylic acids is 1. The highest BCUT2D eigenvalue weighted by Crippen LogP contribution is 2.35. The van der Waals surface area contributed by atoms with Crippen molar-refractivity contribution in [3.8, 4) is 16.9 Å². The van der Waals surface area contributed by atoms with Gasteiger partial charge in [0.1, 0.15) is 10.0 Å². The highest BCUT2D eigenvalue weighted by atomic mass is 32.2. The Labute approximate surface area is 254 Å². The summed E-state index contributed by atoms with van der Waals surface area (Å²) in [6.45, 7) is 4.44. The number of thioether (sulfide) groups is 1. The number of hydrogen-bond donors (Lipinski definition) is 1. The molecule has 2 unspecified atom stereocenters. The number of nitrogens with zero attached hydrogens (tertiary/aromatic N) is 4. The van der Waals surface area contributed by atoms with Crippen LogP contribution in [0.15, 0.2) is 70.6 Å². The van der Waals surface area contributed by atoms with Gasteiger partial charge >= 0.3 is 5.97 Å². The fraction of sp³-hybridized carbons (Fsp3) is 0.310. The predicted molar refractivity (Wildman–Crippen MR) is 165 cm³/mol. The van der Waals surface area contributed by atoms with Gasteiger partial charge < -0.3 is 9.84 Å². The second-order valence-electron chi connectivity index (χ2n) is 10.2. The van der Waals surface area contributed by atoms with E-state index in [9.17, 15) is 18.0 Å². The third-order valence-corrected chi connectivity index (χ3v) is 10.0. The van der Waals surface area contributed by atoms with E-state index in [1.807, 2.05) is 44.2 Å². The summed E-state index contributed by atoms with van der Waals surface area (Å²) in [4.78, 5) is 26.1. The van der Waals surface area contributed by atoms with E-state index in [1.165, 1.54) is 9.21 Å². The highest BCUT2D eigenvalue weighted by molar-refractivity contribution is 8.26. The number of morpholine rings is 1. The molecule has 1 N–H and O–H groups in total. The number of ether oxygens (including phenoxy) is 1. The molecule has 0 radical (unpaired) electrons. The van der Waals surface area contributed by atoms with E-state index in [4.69, 9.17) is 27.2 Å². The molecule has 0 saturated carbocycles. The Morgan fingerprint density at radius 1 is 1.14 bits per heavy atom. The van der Waals surface area contributed by atoms with Gasteiger partial charge in [-0.3, -0.25) is 14.5 Å². The quantitative estimate of drug-likeness (QED) is 0.272. The van der Waals surface area contributed by atoms with Crippen molar-refractivity contribution in [1.29, 1.82) is 0 Å². The molecule has 2 atom stereocenters. The van der Waals surface area contributed by atoms with Gasteiger partial charge in [0.05, 0.1) is 27.7 Å². The van der Waals surface area contributed by atoms with Gasteiger partial charge in [0.25, 0.3) is 5.91 Å². The summed E-state index contributed by atoms with van der Waals surface area (Å²) in [6, 6.07) is 16.1. The third-order valence-electron chi connectivity index (χ3n) is 6.83. The Hall–Kier alpha value is -3.36. The standard InChI is InChI=1S/C29H30N4O6S3/c1-19-16-31(17-20(2)39-19)42(37,38)24-11-6-8-21(14-24)27-22(18-33(30-27)23-9-4-3-5-10-23)15-25-28(36)32(29(40)41-25)13-7-12-26(34)35/h3-6,8-11,14-15,18-20H,7,12-13,16-17H2,1-2H3,(H,34,35). The normalized spacial score (nSPS) is 20.9. The zero-order chi connectivity index (χ0) is 30.0. The van der Waals surface area contributed by atoms with Gasteiger partial charge in [-0.25, -0.2) is 13.1 Å². The number of carboxylic acid groups (broad SMARTS) is 1. The van der Waals surface area contributed by atoms with Gasteiger partial charge in [-0.2, -0.15) is 9.40 Å². The van der Waals surface area contributed by atoms with Crippen LogP contribution in [0.1, 0.15) is 32.3 Å². The van der Waals surface area contributed by atoms with E-state index in [1.54, 1.807) is 41.2 Å². The lowest BCUT2D eigenvalue weighted by atomic mass is 10.1. The van der Waals surface area contributed by atoms with Crippen LogP contribution < -0.4 is 0 Å². The molecule has 220 valence electrons. The number of para-hydroxylation sites is 1. The molecule has 1 amide bonds. The molecule has 42 heavy (non-hydrogen) atoms. The smallest absolute Gasteiger partial charge is 0.303 e. The minimum atomic E-state index is -3.80. The van der Waals surface area contributed by atoms with Gasteiger partial charge in [0, 0.05) is 43.4 Å². The molecule has 13 heteroatoms. The fourth-order valence-corrected chi connectivity index (χ4v) is 7.87. The first-order valence-corrected chi connectivity index (χ1v) is 16.1. The lowest BCUT2D eigenvalue weighted by molar-refractivity contribution is -0.137. The largest absolute Gasteiger partial charge is 0.481 e. The van der Waals surface area contributed by atoms with E-state index in [-0.39, 0.29) is 55.5 Å². The molecule has 1 aromatic heterocycles. The van der Waals surface area contributed by atoms with Gasteiger partial charge in [0.15, 0.2) is 0 Å². The first-order valence-electron chi connectivity index (χ1n) is 13.4. The SMILES string of the molecule is CC1CN(S(=O)(=O)c2cccc(-c3nn(-c4ccccc4)cc3C=C3SC(=S)N(CCCC(=O)O)C3=O)c2)CC(C)O1. The predicted octanol–water partition coefficient (Wildman–Crippen LogP) is 4.40. The Kier molecular flexibility index (Phi) is 8.94. The van der Waals surface area contributed by atoms with Crippen LogP contribution in [-0.4, -0.2) is 80.5 Å². The zero-order valence-corrected chi connectivity index (χ0v) is 25.5. The summed E-state index contributed by atoms with van der Waals surface area (Å²) in [5.41, 5.74) is 2.46. The van der Waals surface area contributed by atoms with E-state index in [2.05, 4.69) is 0 Å². The third kappa shape index (κ3) is 6.50. The summed E-state index contributed by atoms with van der Waals surface area (Å²) in [5.74, 6) is -1.24. The lowest BCUT2D eigenvalue weighted by Crippen LogP contribution is -2.48. The second-order valence-corrected chi connectivity index (χ2v) is 13.8. The maximum atomic E-state index is 13.6. The summed E-state index contributed by atoms with van der Waals surface area (Å²) in [5, 5.41) is 13.8. The van der Waals surface area contributed by atoms with Crippen molar-refractivity contribution in [2.45, 2.75) is 43.8 Å². The number of carbonyl (C=O) groups excluding carboxylic acids is 1. The molecule has 2 fully saturated rings. The van der Waals surface area contributed by atoms with Crippen LogP contribution in [0.25, 0.3) is 23.0 Å². The molecule has 0 aliphatic carbocycles. The molecule has 3 aromatic rings. The minimum Gasteiger partial charge on any atom is -0.481 e. The van der Waals surface area contributed by atoms with Crippen molar-refractivity contribution in [3.63, 3.8) is 0 Å². The average Bonchev–Trinajstić information content (AvgIpc) is 3.49. The number of carbonyl (C=O) groups is 2. The molecule has 2 aromatic carbocycles. The zero-order valence-electron chi connectivity index (χ0n) is 23.0. The second kappa shape index (κ2) is 12.5. The molecule has 2 aliphatic rings. The van der Waals surface area contributed by atoms with Crippen LogP contribution in [0.2, 0.25) is 0 Å². The number of sulfonamides is 1. The van der Waals surface area contributed by atoms with Crippen molar-refractivity contribution in [2.75, 3.05) is 19.6 Å². The molecule has 5 rings (SSSR count). The van der Waals surface area contributed by atoms with Crippen LogP contribution in [-0.2, 0) is 24.3 Å². The van der Waals surface area contributed by atoms with Crippen molar-refractivity contribution in [2.24, 2.45) is 0 Å². The van der Waals surface area contributed by atoms with Gasteiger partial charge in [-0.1, -0.05) is 54.3 Å². The molecule has 3 heterocycles. The highest BCUT2D eigenvalue weighted by Gasteiger charge is 2.34. The lowest BCUT2D eigenvalue weighted by Gasteiger charge is -2.34. The van der Waals surface area contributed by atoms with Crippen molar-refractivity contribution in [3.05, 3.63) is 71.3 Å². The monoisotopic (exact) mass is 626 g/mol. The summed E-state index contributed by atoms with van der Waals surface area (Å²) < 4.78 is 36.5. The molecule has 2 aliphatic heterocycles. The van der Waals surface area contributed by atoms with Crippen LogP contribution in [0, 0.1) is 0 Å². The first-order chi connectivity index (χ1) is 20.0. The number of benzene rings is 2. The molecule has 10 nitrogen and oxygen atoms in total. The number of hydrogen-bond acceptors (Lipinski definition) is 8. The molecular formula is C29H30N4O6S3. The summed E-state index contributed by atoms with van der Waals surface area (Å²) in [6.07, 6.45) is 3.27. The maximum Gasteiger partial charge on any atom is 0.303 e. The maximum absolute atomic E-state index is 13.6. The van der Waals surface area contributed by atoms with Crippen LogP contribution in [0.4, 0.5) is 0 Å². The van der Waals surface area contributed by atoms with E-state index >= 15 is 0 Å². The number of rotatable bonds is 9. The van der Waals surface area contributed by atoms with E-state index in [0.717, 1.165) is 17.4 Å². The van der Waals surface area contributed by atoms with Gasteiger partial charge in [-0.15, -0.1) is 0 Å². The number of carboxylic acids is 1. The first kappa shape index (κ1) is 30.1. The molecule has 0 bridgehead atoms. The Morgan fingerprint density at radius 3 is 2.55 bits per heavy atom. The average molecular weight is 627 g/mol. The van der Waals surface area contributed by atoms with Crippen molar-refractivity contribution >= 4 is 56.3 Å². The number of aromatic nitrogens is 2. The summed E-state index contributed by atoms with van der Waals surface area (Å²) >= 11 is 6.55. The van der Waals surface area contributed by atoms with Crippen LogP contribution >= 0.6 is 24.0 Å².